The van der Waals surface area contributed by atoms with Crippen molar-refractivity contribution >= 4 is 16.8 Å². The van der Waals surface area contributed by atoms with Gasteiger partial charge in [0.25, 0.3) is 0 Å². The highest BCUT2D eigenvalue weighted by Gasteiger charge is 2.34. The standard InChI is InChI=1S/C26H30F3N3O/c1-18(21-13-8-11-19-9-4-6-12-22(19)21)31-24(33)32(17-25(2,3)16-30)15-20-10-5-7-14-23(20)26(27,28)29/h4-14,18H,15-17,30H2,1-3H3,(H,31,33). The van der Waals surface area contributed by atoms with Crippen LogP contribution < -0.4 is 11.1 Å². The van der Waals surface area contributed by atoms with Crippen LogP contribution in [0.25, 0.3) is 10.8 Å². The van der Waals surface area contributed by atoms with E-state index in [1.807, 2.05) is 63.2 Å². The van der Waals surface area contributed by atoms with E-state index in [1.54, 1.807) is 6.07 Å². The minimum atomic E-state index is -4.50. The molecular formula is C26H30F3N3O. The molecule has 2 amide bonds. The molecule has 3 aromatic rings. The first-order valence-electron chi connectivity index (χ1n) is 10.9. The summed E-state index contributed by atoms with van der Waals surface area (Å²) >= 11 is 0. The van der Waals surface area contributed by atoms with E-state index in [2.05, 4.69) is 5.32 Å². The van der Waals surface area contributed by atoms with Gasteiger partial charge in [-0.1, -0.05) is 74.5 Å². The third-order valence-corrected chi connectivity index (χ3v) is 5.77. The maximum absolute atomic E-state index is 13.5. The molecule has 0 aromatic heterocycles. The molecule has 0 bridgehead atoms. The van der Waals surface area contributed by atoms with E-state index in [0.717, 1.165) is 22.4 Å². The summed E-state index contributed by atoms with van der Waals surface area (Å²) in [6, 6.07) is 18.3. The fraction of sp³-hybridized carbons (Fsp3) is 0.346. The first kappa shape index (κ1) is 24.6. The molecule has 0 aliphatic rings. The molecule has 0 aliphatic heterocycles. The Morgan fingerprint density at radius 3 is 2.33 bits per heavy atom. The molecule has 1 atom stereocenters. The number of hydrogen-bond donors (Lipinski definition) is 2. The molecular weight excluding hydrogens is 427 g/mol. The van der Waals surface area contributed by atoms with Crippen molar-refractivity contribution < 1.29 is 18.0 Å². The predicted molar refractivity (Wildman–Crippen MR) is 126 cm³/mol. The summed E-state index contributed by atoms with van der Waals surface area (Å²) in [5.41, 5.74) is 5.65. The molecule has 0 saturated carbocycles. The van der Waals surface area contributed by atoms with Gasteiger partial charge < -0.3 is 16.0 Å². The smallest absolute Gasteiger partial charge is 0.331 e. The van der Waals surface area contributed by atoms with Crippen molar-refractivity contribution in [1.29, 1.82) is 0 Å². The van der Waals surface area contributed by atoms with E-state index in [-0.39, 0.29) is 31.2 Å². The fourth-order valence-corrected chi connectivity index (χ4v) is 3.90. The number of benzene rings is 3. The quantitative estimate of drug-likeness (QED) is 0.449. The minimum absolute atomic E-state index is 0.0470. The number of carbonyl (C=O) groups is 1. The zero-order chi connectivity index (χ0) is 24.2. The van der Waals surface area contributed by atoms with Gasteiger partial charge >= 0.3 is 12.2 Å². The van der Waals surface area contributed by atoms with Crippen molar-refractivity contribution in [3.63, 3.8) is 0 Å². The largest absolute Gasteiger partial charge is 0.416 e. The van der Waals surface area contributed by atoms with Crippen molar-refractivity contribution in [3.8, 4) is 0 Å². The summed E-state index contributed by atoms with van der Waals surface area (Å²) < 4.78 is 40.6. The third kappa shape index (κ3) is 6.05. The number of alkyl halides is 3. The van der Waals surface area contributed by atoms with Gasteiger partial charge in [0.15, 0.2) is 0 Å². The Bertz CT molecular complexity index is 1110. The van der Waals surface area contributed by atoms with Gasteiger partial charge in [-0.3, -0.25) is 0 Å². The molecule has 3 aromatic carbocycles. The normalized spacial score (nSPS) is 13.1. The number of urea groups is 1. The van der Waals surface area contributed by atoms with E-state index in [0.29, 0.717) is 0 Å². The maximum atomic E-state index is 13.5. The lowest BCUT2D eigenvalue weighted by Gasteiger charge is -2.33. The fourth-order valence-electron chi connectivity index (χ4n) is 3.90. The van der Waals surface area contributed by atoms with Crippen LogP contribution in [0.4, 0.5) is 18.0 Å². The molecule has 1 unspecified atom stereocenters. The van der Waals surface area contributed by atoms with E-state index < -0.39 is 23.2 Å². The number of nitrogens with zero attached hydrogens (tertiary/aromatic N) is 1. The van der Waals surface area contributed by atoms with Crippen molar-refractivity contribution in [3.05, 3.63) is 83.4 Å². The lowest BCUT2D eigenvalue weighted by Crippen LogP contribution is -2.46. The van der Waals surface area contributed by atoms with Crippen LogP contribution in [-0.4, -0.2) is 24.0 Å². The summed E-state index contributed by atoms with van der Waals surface area (Å²) in [7, 11) is 0. The van der Waals surface area contributed by atoms with Crippen molar-refractivity contribution in [2.45, 2.75) is 39.5 Å². The van der Waals surface area contributed by atoms with Crippen LogP contribution in [0, 0.1) is 5.41 Å². The average molecular weight is 458 g/mol. The van der Waals surface area contributed by atoms with Crippen molar-refractivity contribution in [2.75, 3.05) is 13.1 Å². The van der Waals surface area contributed by atoms with Crippen LogP contribution >= 0.6 is 0 Å². The van der Waals surface area contributed by atoms with Gasteiger partial charge in [-0.05, 0) is 46.8 Å². The summed E-state index contributed by atoms with van der Waals surface area (Å²) in [5, 5.41) is 5.05. The second kappa shape index (κ2) is 9.83. The zero-order valence-electron chi connectivity index (χ0n) is 19.1. The number of carbonyl (C=O) groups excluding carboxylic acids is 1. The molecule has 33 heavy (non-hydrogen) atoms. The van der Waals surface area contributed by atoms with Crippen LogP contribution in [0.1, 0.15) is 43.5 Å². The highest BCUT2D eigenvalue weighted by molar-refractivity contribution is 5.86. The van der Waals surface area contributed by atoms with Crippen LogP contribution in [0.3, 0.4) is 0 Å². The van der Waals surface area contributed by atoms with E-state index in [1.165, 1.54) is 17.0 Å². The van der Waals surface area contributed by atoms with E-state index >= 15 is 0 Å². The first-order chi connectivity index (χ1) is 15.5. The lowest BCUT2D eigenvalue weighted by atomic mass is 9.92. The van der Waals surface area contributed by atoms with Gasteiger partial charge in [0, 0.05) is 13.1 Å². The maximum Gasteiger partial charge on any atom is 0.416 e. The number of amides is 2. The molecule has 0 heterocycles. The summed E-state index contributed by atoms with van der Waals surface area (Å²) in [6.45, 7) is 5.97. The molecule has 3 rings (SSSR count). The highest BCUT2D eigenvalue weighted by Crippen LogP contribution is 2.33. The molecule has 0 radical (unpaired) electrons. The predicted octanol–water partition coefficient (Wildman–Crippen LogP) is 6.12. The van der Waals surface area contributed by atoms with Crippen LogP contribution in [0.15, 0.2) is 66.7 Å². The lowest BCUT2D eigenvalue weighted by molar-refractivity contribution is -0.138. The number of halogens is 3. The van der Waals surface area contributed by atoms with Gasteiger partial charge in [0.05, 0.1) is 11.6 Å². The van der Waals surface area contributed by atoms with E-state index in [9.17, 15) is 18.0 Å². The first-order valence-corrected chi connectivity index (χ1v) is 10.9. The van der Waals surface area contributed by atoms with Gasteiger partial charge in [-0.2, -0.15) is 13.2 Å². The van der Waals surface area contributed by atoms with Gasteiger partial charge in [-0.15, -0.1) is 0 Å². The Balaban J connectivity index is 1.89. The summed E-state index contributed by atoms with van der Waals surface area (Å²) in [6.07, 6.45) is -4.50. The zero-order valence-corrected chi connectivity index (χ0v) is 19.1. The molecule has 4 nitrogen and oxygen atoms in total. The second-order valence-electron chi connectivity index (χ2n) is 9.12. The summed E-state index contributed by atoms with van der Waals surface area (Å²) in [5.74, 6) is 0. The van der Waals surface area contributed by atoms with Crippen LogP contribution in [-0.2, 0) is 12.7 Å². The third-order valence-electron chi connectivity index (χ3n) is 5.77. The van der Waals surface area contributed by atoms with Crippen LogP contribution in [0.2, 0.25) is 0 Å². The topological polar surface area (TPSA) is 58.4 Å². The Morgan fingerprint density at radius 1 is 1.00 bits per heavy atom. The minimum Gasteiger partial charge on any atom is -0.331 e. The number of hydrogen-bond acceptors (Lipinski definition) is 2. The monoisotopic (exact) mass is 457 g/mol. The molecule has 0 fully saturated rings. The van der Waals surface area contributed by atoms with Crippen molar-refractivity contribution in [2.24, 2.45) is 11.1 Å². The Hall–Kier alpha value is -3.06. The average Bonchev–Trinajstić information content (AvgIpc) is 2.77. The van der Waals surface area contributed by atoms with Gasteiger partial charge in [0.2, 0.25) is 0 Å². The number of rotatable bonds is 7. The molecule has 3 N–H and O–H groups in total. The Morgan fingerprint density at radius 2 is 1.64 bits per heavy atom. The SMILES string of the molecule is CC(NC(=O)N(Cc1ccccc1C(F)(F)F)CC(C)(C)CN)c1cccc2ccccc12. The van der Waals surface area contributed by atoms with Gasteiger partial charge in [0.1, 0.15) is 0 Å². The van der Waals surface area contributed by atoms with Gasteiger partial charge in [-0.25, -0.2) is 4.79 Å². The molecule has 7 heteroatoms. The highest BCUT2D eigenvalue weighted by atomic mass is 19.4. The van der Waals surface area contributed by atoms with E-state index in [4.69, 9.17) is 5.73 Å². The number of fused-ring (bicyclic) bond motifs is 1. The Kier molecular flexibility index (Phi) is 7.32. The number of nitrogens with one attached hydrogen (secondary N) is 1. The van der Waals surface area contributed by atoms with Crippen LogP contribution in [0.5, 0.6) is 0 Å². The van der Waals surface area contributed by atoms with Crippen molar-refractivity contribution in [1.82, 2.24) is 10.2 Å². The second-order valence-corrected chi connectivity index (χ2v) is 9.12. The number of nitrogens with two attached hydrogens (primary N) is 1. The summed E-state index contributed by atoms with van der Waals surface area (Å²) in [4.78, 5) is 14.7. The molecule has 0 aliphatic carbocycles. The molecule has 176 valence electrons. The Labute approximate surface area is 192 Å². The molecule has 0 saturated heterocycles. The molecule has 0 spiro atoms.